The van der Waals surface area contributed by atoms with Crippen LogP contribution >= 0.6 is 0 Å². The van der Waals surface area contributed by atoms with Gasteiger partial charge in [-0.05, 0) is 49.4 Å². The van der Waals surface area contributed by atoms with Gasteiger partial charge < -0.3 is 4.52 Å². The average Bonchev–Trinajstić information content (AvgIpc) is 3.48. The van der Waals surface area contributed by atoms with E-state index in [4.69, 9.17) is 9.51 Å². The lowest BCUT2D eigenvalue weighted by atomic mass is 9.92. The van der Waals surface area contributed by atoms with Gasteiger partial charge in [-0.25, -0.2) is 27.8 Å². The first kappa shape index (κ1) is 28.2. The van der Waals surface area contributed by atoms with E-state index in [2.05, 4.69) is 39.9 Å². The molecule has 0 bridgehead atoms. The van der Waals surface area contributed by atoms with Gasteiger partial charge in [-0.15, -0.1) is 0 Å². The van der Waals surface area contributed by atoms with Gasteiger partial charge in [0.1, 0.15) is 5.82 Å². The first-order valence-electron chi connectivity index (χ1n) is 13.5. The Morgan fingerprint density at radius 3 is 2.49 bits per heavy atom. The molecular weight excluding hydrogens is 547 g/mol. The van der Waals surface area contributed by atoms with Crippen LogP contribution in [0.3, 0.4) is 0 Å². The van der Waals surface area contributed by atoms with E-state index >= 15 is 0 Å². The summed E-state index contributed by atoms with van der Waals surface area (Å²) in [5, 5.41) is 6.22. The Morgan fingerprint density at radius 1 is 1.02 bits per heavy atom. The molecule has 12 heteroatoms. The van der Waals surface area contributed by atoms with Gasteiger partial charge in [0.25, 0.3) is 10.0 Å². The first-order chi connectivity index (χ1) is 19.6. The van der Waals surface area contributed by atoms with Crippen molar-refractivity contribution in [2.24, 2.45) is 0 Å². The van der Waals surface area contributed by atoms with Gasteiger partial charge in [0, 0.05) is 23.2 Å². The number of aromatic amines is 1. The molecule has 0 saturated carbocycles. The number of benzene rings is 2. The molecule has 0 aliphatic rings. The number of hydrogen-bond donors (Lipinski definition) is 2. The molecule has 0 radical (unpaired) electrons. The summed E-state index contributed by atoms with van der Waals surface area (Å²) in [7, 11) is -4.19. The highest BCUT2D eigenvalue weighted by Crippen LogP contribution is 2.33. The third-order valence-electron chi connectivity index (χ3n) is 6.91. The molecule has 3 heterocycles. The maximum Gasteiger partial charge on any atom is 0.362 e. The van der Waals surface area contributed by atoms with Crippen molar-refractivity contribution in [2.75, 3.05) is 4.72 Å². The summed E-state index contributed by atoms with van der Waals surface area (Å²) >= 11 is 0. The van der Waals surface area contributed by atoms with Crippen molar-refractivity contribution >= 4 is 21.5 Å². The number of aromatic nitrogens is 5. The van der Waals surface area contributed by atoms with E-state index in [0.29, 0.717) is 29.9 Å². The van der Waals surface area contributed by atoms with Crippen molar-refractivity contribution in [1.29, 1.82) is 0 Å². The number of rotatable bonds is 10. The molecule has 5 rings (SSSR count). The second kappa shape index (κ2) is 11.3. The van der Waals surface area contributed by atoms with Crippen molar-refractivity contribution < 1.29 is 17.3 Å². The van der Waals surface area contributed by atoms with Gasteiger partial charge in [0.15, 0.2) is 11.4 Å². The van der Waals surface area contributed by atoms with Gasteiger partial charge in [-0.1, -0.05) is 68.2 Å². The van der Waals surface area contributed by atoms with Crippen LogP contribution in [0.15, 0.2) is 56.7 Å². The van der Waals surface area contributed by atoms with Crippen molar-refractivity contribution in [3.63, 3.8) is 0 Å². The van der Waals surface area contributed by atoms with Crippen molar-refractivity contribution in [1.82, 2.24) is 24.7 Å². The van der Waals surface area contributed by atoms with Gasteiger partial charge in [0.2, 0.25) is 11.6 Å². The Kier molecular flexibility index (Phi) is 7.76. The second-order valence-electron chi connectivity index (χ2n) is 9.94. The van der Waals surface area contributed by atoms with Gasteiger partial charge in [0.05, 0.1) is 4.90 Å². The lowest BCUT2D eigenvalue weighted by Gasteiger charge is -2.17. The maximum atomic E-state index is 14.3. The maximum absolute atomic E-state index is 14.3. The van der Waals surface area contributed by atoms with Crippen LogP contribution in [0, 0.1) is 19.7 Å². The van der Waals surface area contributed by atoms with E-state index in [9.17, 15) is 17.6 Å². The predicted octanol–water partition coefficient (Wildman–Crippen LogP) is 5.13. The quantitative estimate of drug-likeness (QED) is 0.235. The fourth-order valence-electron chi connectivity index (χ4n) is 5.05. The van der Waals surface area contributed by atoms with E-state index < -0.39 is 27.3 Å². The van der Waals surface area contributed by atoms with Crippen LogP contribution in [0.1, 0.15) is 60.7 Å². The fourth-order valence-corrected chi connectivity index (χ4v) is 6.27. The number of sulfonamides is 1. The van der Waals surface area contributed by atoms with Crippen LogP contribution in [-0.2, 0) is 29.3 Å². The Morgan fingerprint density at radius 2 is 1.78 bits per heavy atom. The molecular formula is C29H31FN6O4S. The topological polar surface area (TPSA) is 135 Å². The molecule has 2 aromatic carbocycles. The molecule has 0 fully saturated rings. The highest BCUT2D eigenvalue weighted by atomic mass is 32.2. The molecule has 10 nitrogen and oxygen atoms in total. The highest BCUT2D eigenvalue weighted by molar-refractivity contribution is 7.92. The molecule has 214 valence electrons. The highest BCUT2D eigenvalue weighted by Gasteiger charge is 2.25. The molecule has 3 aromatic heterocycles. The largest absolute Gasteiger partial charge is 0.362 e. The van der Waals surface area contributed by atoms with Crippen LogP contribution in [0.4, 0.5) is 10.2 Å². The molecule has 0 unspecified atom stereocenters. The first-order valence-corrected chi connectivity index (χ1v) is 14.9. The Hall–Kier alpha value is -4.32. The van der Waals surface area contributed by atoms with Crippen molar-refractivity contribution in [3.8, 4) is 11.1 Å². The summed E-state index contributed by atoms with van der Waals surface area (Å²) in [5.41, 5.74) is 5.09. The van der Waals surface area contributed by atoms with Crippen LogP contribution < -0.4 is 10.4 Å². The molecule has 0 spiro atoms. The molecule has 0 atom stereocenters. The summed E-state index contributed by atoms with van der Waals surface area (Å²) in [6, 6.07) is 12.5. The summed E-state index contributed by atoms with van der Waals surface area (Å²) in [5.74, 6) is -0.793. The lowest BCUT2D eigenvalue weighted by Crippen LogP contribution is -2.15. The van der Waals surface area contributed by atoms with E-state index in [1.165, 1.54) is 13.0 Å². The smallest absolute Gasteiger partial charge is 0.356 e. The van der Waals surface area contributed by atoms with E-state index in [1.54, 1.807) is 22.7 Å². The van der Waals surface area contributed by atoms with Crippen molar-refractivity contribution in [2.45, 2.75) is 64.7 Å². The minimum Gasteiger partial charge on any atom is -0.356 e. The molecule has 0 aliphatic carbocycles. The number of H-pyrrole nitrogens is 1. The molecule has 0 saturated heterocycles. The zero-order valence-electron chi connectivity index (χ0n) is 23.3. The molecule has 5 aromatic rings. The number of nitrogens with zero attached hydrogens (tertiary/aromatic N) is 4. The Balaban J connectivity index is 1.57. The lowest BCUT2D eigenvalue weighted by molar-refractivity contribution is 0.390. The predicted molar refractivity (Wildman–Crippen MR) is 153 cm³/mol. The number of nitrogens with one attached hydrogen (secondary N) is 2. The van der Waals surface area contributed by atoms with Crippen LogP contribution in [0.2, 0.25) is 0 Å². The Bertz CT molecular complexity index is 1910. The third kappa shape index (κ3) is 5.51. The van der Waals surface area contributed by atoms with Crippen LogP contribution in [-0.4, -0.2) is 33.2 Å². The summed E-state index contributed by atoms with van der Waals surface area (Å²) in [6.07, 6.45) is 3.67. The molecule has 0 aliphatic heterocycles. The Labute approximate surface area is 236 Å². The third-order valence-corrected chi connectivity index (χ3v) is 8.31. The number of hydrogen-bond acceptors (Lipinski definition) is 7. The standard InChI is InChI=1S/C29H31FN6O4S/c1-5-9-20-15-19(16-23-24(10-6-2)31-18(4)36-28(23)32-29(37)33-36)13-14-21(20)22-11-7-8-12-25(22)41(38,39)35-27-26(30)17(3)40-34-27/h7-8,11-15H,5-6,9-10,16H2,1-4H3,(H,33,37)(H,34,35). The van der Waals surface area contributed by atoms with Crippen LogP contribution in [0.5, 0.6) is 0 Å². The average molecular weight is 579 g/mol. The minimum absolute atomic E-state index is 0.00395. The summed E-state index contributed by atoms with van der Waals surface area (Å²) < 4.78 is 49.7. The van der Waals surface area contributed by atoms with E-state index in [-0.39, 0.29) is 10.7 Å². The number of fused-ring (bicyclic) bond motifs is 1. The monoisotopic (exact) mass is 578 g/mol. The number of anilines is 1. The zero-order valence-corrected chi connectivity index (χ0v) is 24.1. The number of halogens is 1. The number of aryl methyl sites for hydroxylation is 4. The van der Waals surface area contributed by atoms with Gasteiger partial charge in [-0.3, -0.25) is 4.72 Å². The minimum atomic E-state index is -4.19. The molecule has 41 heavy (non-hydrogen) atoms. The summed E-state index contributed by atoms with van der Waals surface area (Å²) in [6.45, 7) is 7.33. The van der Waals surface area contributed by atoms with Crippen molar-refractivity contribution in [3.05, 3.63) is 92.7 Å². The SMILES string of the molecule is CCCc1cc(Cc2c(CCC)nc(C)n3[nH]c(=O)nc23)ccc1-c1ccccc1S(=O)(=O)Nc1noc(C)c1F. The normalized spacial score (nSPS) is 11.8. The van der Waals surface area contributed by atoms with E-state index in [0.717, 1.165) is 47.2 Å². The molecule has 2 N–H and O–H groups in total. The zero-order chi connectivity index (χ0) is 29.3. The van der Waals surface area contributed by atoms with Gasteiger partial charge >= 0.3 is 5.69 Å². The second-order valence-corrected chi connectivity index (χ2v) is 11.6. The van der Waals surface area contributed by atoms with Crippen LogP contribution in [0.25, 0.3) is 16.8 Å². The molecule has 0 amide bonds. The van der Waals surface area contributed by atoms with E-state index in [1.807, 2.05) is 19.1 Å². The van der Waals surface area contributed by atoms with Gasteiger partial charge in [-0.2, -0.15) is 9.37 Å². The summed E-state index contributed by atoms with van der Waals surface area (Å²) in [4.78, 5) is 21.1. The fraction of sp³-hybridized carbons (Fsp3) is 0.310.